The smallest absolute Gasteiger partial charge is 0.372 e. The van der Waals surface area contributed by atoms with Gasteiger partial charge < -0.3 is 4.74 Å². The third kappa shape index (κ3) is 5.38. The van der Waals surface area contributed by atoms with Gasteiger partial charge in [0.15, 0.2) is 0 Å². The summed E-state index contributed by atoms with van der Waals surface area (Å²) in [6.07, 6.45) is -1.59. The lowest BCUT2D eigenvalue weighted by molar-refractivity contribution is -0.174. The SMILES string of the molecule is CC(C)C1CCC(=O)C(CCOCC(F)(F)F)C1. The van der Waals surface area contributed by atoms with Crippen molar-refractivity contribution in [2.45, 2.75) is 45.7 Å². The molecule has 1 aliphatic rings. The molecule has 18 heavy (non-hydrogen) atoms. The third-order valence-electron chi connectivity index (χ3n) is 3.62. The van der Waals surface area contributed by atoms with Crippen molar-refractivity contribution in [1.29, 1.82) is 0 Å². The van der Waals surface area contributed by atoms with Crippen LogP contribution in [0.5, 0.6) is 0 Å². The van der Waals surface area contributed by atoms with Crippen LogP contribution in [0.15, 0.2) is 0 Å². The minimum Gasteiger partial charge on any atom is -0.372 e. The number of carbonyl (C=O) groups is 1. The second kappa shape index (κ2) is 6.55. The number of carbonyl (C=O) groups excluding carboxylic acids is 1. The lowest BCUT2D eigenvalue weighted by atomic mass is 9.74. The van der Waals surface area contributed by atoms with Gasteiger partial charge >= 0.3 is 6.18 Å². The van der Waals surface area contributed by atoms with Gasteiger partial charge in [-0.15, -0.1) is 0 Å². The van der Waals surface area contributed by atoms with Crippen molar-refractivity contribution >= 4 is 5.78 Å². The molecule has 5 heteroatoms. The largest absolute Gasteiger partial charge is 0.411 e. The summed E-state index contributed by atoms with van der Waals surface area (Å²) in [6, 6.07) is 0. The van der Waals surface area contributed by atoms with Crippen LogP contribution in [0.1, 0.15) is 39.5 Å². The van der Waals surface area contributed by atoms with Crippen molar-refractivity contribution < 1.29 is 22.7 Å². The van der Waals surface area contributed by atoms with E-state index in [9.17, 15) is 18.0 Å². The molecule has 0 aromatic rings. The summed E-state index contributed by atoms with van der Waals surface area (Å²) in [7, 11) is 0. The average molecular weight is 266 g/mol. The van der Waals surface area contributed by atoms with Crippen LogP contribution in [0.2, 0.25) is 0 Å². The number of Topliss-reactive ketones (excluding diaryl/α,β-unsaturated/α-hetero) is 1. The Balaban J connectivity index is 2.29. The molecule has 0 heterocycles. The molecule has 0 bridgehead atoms. The second-order valence-electron chi connectivity index (χ2n) is 5.40. The summed E-state index contributed by atoms with van der Waals surface area (Å²) < 4.78 is 40.2. The van der Waals surface area contributed by atoms with Gasteiger partial charge in [0, 0.05) is 18.9 Å². The quantitative estimate of drug-likeness (QED) is 0.711. The highest BCUT2D eigenvalue weighted by atomic mass is 19.4. The van der Waals surface area contributed by atoms with Crippen LogP contribution in [0.4, 0.5) is 13.2 Å². The van der Waals surface area contributed by atoms with E-state index in [2.05, 4.69) is 18.6 Å². The molecule has 2 nitrogen and oxygen atoms in total. The maximum atomic E-state index is 11.9. The molecule has 1 aliphatic carbocycles. The van der Waals surface area contributed by atoms with Crippen LogP contribution >= 0.6 is 0 Å². The monoisotopic (exact) mass is 266 g/mol. The summed E-state index contributed by atoms with van der Waals surface area (Å²) in [5.74, 6) is 1.11. The summed E-state index contributed by atoms with van der Waals surface area (Å²) in [4.78, 5) is 11.7. The summed E-state index contributed by atoms with van der Waals surface area (Å²) >= 11 is 0. The molecule has 1 rings (SSSR count). The van der Waals surface area contributed by atoms with Gasteiger partial charge in [0.25, 0.3) is 0 Å². The highest BCUT2D eigenvalue weighted by Gasteiger charge is 2.31. The molecule has 1 fully saturated rings. The maximum Gasteiger partial charge on any atom is 0.411 e. The predicted octanol–water partition coefficient (Wildman–Crippen LogP) is 3.60. The number of hydrogen-bond acceptors (Lipinski definition) is 2. The first-order chi connectivity index (χ1) is 8.29. The van der Waals surface area contributed by atoms with Crippen LogP contribution in [-0.2, 0) is 9.53 Å². The lowest BCUT2D eigenvalue weighted by Crippen LogP contribution is -2.29. The highest BCUT2D eigenvalue weighted by Crippen LogP contribution is 2.33. The minimum absolute atomic E-state index is 0.0146. The lowest BCUT2D eigenvalue weighted by Gasteiger charge is -2.30. The number of ketones is 1. The van der Waals surface area contributed by atoms with Crippen LogP contribution in [0.3, 0.4) is 0 Å². The number of halogens is 3. The van der Waals surface area contributed by atoms with Crippen molar-refractivity contribution in [3.63, 3.8) is 0 Å². The Labute approximate surface area is 106 Å². The van der Waals surface area contributed by atoms with Crippen LogP contribution in [0, 0.1) is 17.8 Å². The molecule has 106 valence electrons. The van der Waals surface area contributed by atoms with E-state index in [0.29, 0.717) is 24.7 Å². The maximum absolute atomic E-state index is 11.9. The van der Waals surface area contributed by atoms with E-state index >= 15 is 0 Å². The van der Waals surface area contributed by atoms with E-state index in [1.807, 2.05) is 0 Å². The van der Waals surface area contributed by atoms with Gasteiger partial charge in [0.2, 0.25) is 0 Å². The van der Waals surface area contributed by atoms with Gasteiger partial charge in [0.05, 0.1) is 0 Å². The fraction of sp³-hybridized carbons (Fsp3) is 0.923. The van der Waals surface area contributed by atoms with Gasteiger partial charge in [-0.25, -0.2) is 0 Å². The van der Waals surface area contributed by atoms with E-state index in [1.165, 1.54) is 0 Å². The minimum atomic E-state index is -4.28. The number of alkyl halides is 3. The van der Waals surface area contributed by atoms with E-state index in [4.69, 9.17) is 0 Å². The number of hydrogen-bond donors (Lipinski definition) is 0. The van der Waals surface area contributed by atoms with Crippen molar-refractivity contribution in [3.8, 4) is 0 Å². The molecule has 0 aliphatic heterocycles. The van der Waals surface area contributed by atoms with Crippen molar-refractivity contribution in [1.82, 2.24) is 0 Å². The molecule has 0 radical (unpaired) electrons. The van der Waals surface area contributed by atoms with Crippen LogP contribution in [-0.4, -0.2) is 25.2 Å². The normalized spacial score (nSPS) is 25.8. The van der Waals surface area contributed by atoms with Crippen LogP contribution in [0.25, 0.3) is 0 Å². The summed E-state index contributed by atoms with van der Waals surface area (Å²) in [5.41, 5.74) is 0. The molecule has 0 aromatic heterocycles. The van der Waals surface area contributed by atoms with Gasteiger partial charge in [-0.1, -0.05) is 13.8 Å². The second-order valence-corrected chi connectivity index (χ2v) is 5.40. The van der Waals surface area contributed by atoms with Gasteiger partial charge in [0.1, 0.15) is 12.4 Å². The standard InChI is InChI=1S/C13H21F3O2/c1-9(2)10-3-4-12(17)11(7-10)5-6-18-8-13(14,15)16/h9-11H,3-8H2,1-2H3. The highest BCUT2D eigenvalue weighted by molar-refractivity contribution is 5.81. The number of rotatable bonds is 5. The molecule has 0 aromatic carbocycles. The molecule has 2 unspecified atom stereocenters. The fourth-order valence-electron chi connectivity index (χ4n) is 2.44. The Bertz CT molecular complexity index is 274. The molecular weight excluding hydrogens is 245 g/mol. The summed E-state index contributed by atoms with van der Waals surface area (Å²) in [5, 5.41) is 0. The average Bonchev–Trinajstić information content (AvgIpc) is 2.24. The Morgan fingerprint density at radius 3 is 2.61 bits per heavy atom. The predicted molar refractivity (Wildman–Crippen MR) is 62.2 cm³/mol. The first kappa shape index (κ1) is 15.5. The first-order valence-electron chi connectivity index (χ1n) is 6.47. The summed E-state index contributed by atoms with van der Waals surface area (Å²) in [6.45, 7) is 3.04. The first-order valence-corrected chi connectivity index (χ1v) is 6.47. The molecule has 0 amide bonds. The van der Waals surface area contributed by atoms with Gasteiger partial charge in [-0.05, 0) is 31.1 Å². The fourth-order valence-corrected chi connectivity index (χ4v) is 2.44. The molecule has 0 N–H and O–H groups in total. The third-order valence-corrected chi connectivity index (χ3v) is 3.62. The zero-order chi connectivity index (χ0) is 13.8. The van der Waals surface area contributed by atoms with Crippen molar-refractivity contribution in [2.24, 2.45) is 17.8 Å². The van der Waals surface area contributed by atoms with E-state index in [1.54, 1.807) is 0 Å². The van der Waals surface area contributed by atoms with Gasteiger partial charge in [-0.3, -0.25) is 4.79 Å². The Morgan fingerprint density at radius 2 is 2.06 bits per heavy atom. The van der Waals surface area contributed by atoms with Gasteiger partial charge in [-0.2, -0.15) is 13.2 Å². The Kier molecular flexibility index (Phi) is 5.63. The Morgan fingerprint density at radius 1 is 1.39 bits per heavy atom. The van der Waals surface area contributed by atoms with E-state index < -0.39 is 12.8 Å². The topological polar surface area (TPSA) is 26.3 Å². The van der Waals surface area contributed by atoms with Crippen molar-refractivity contribution in [3.05, 3.63) is 0 Å². The van der Waals surface area contributed by atoms with E-state index in [0.717, 1.165) is 12.8 Å². The zero-order valence-electron chi connectivity index (χ0n) is 10.9. The van der Waals surface area contributed by atoms with Crippen molar-refractivity contribution in [2.75, 3.05) is 13.2 Å². The molecular formula is C13H21F3O2. The zero-order valence-corrected chi connectivity index (χ0v) is 10.9. The number of ether oxygens (including phenoxy) is 1. The molecule has 1 saturated carbocycles. The molecule has 0 spiro atoms. The van der Waals surface area contributed by atoms with E-state index in [-0.39, 0.29) is 18.3 Å². The van der Waals surface area contributed by atoms with Crippen LogP contribution < -0.4 is 0 Å². The molecule has 0 saturated heterocycles. The Hall–Kier alpha value is -0.580. The molecule has 2 atom stereocenters.